The van der Waals surface area contributed by atoms with Gasteiger partial charge in [0, 0.05) is 18.2 Å². The standard InChI is InChI=1S/C21H23NO10S/c1-28-15-10-13(21(25)32-5)14(11-16(15)29-2)22-33(26,27)18-9-12(6-7-19(23)24)8-17(30-3)20(18)31-4/h6-11,22H,1-5H3,(H,23,24)/b7-6+. The highest BCUT2D eigenvalue weighted by molar-refractivity contribution is 7.92. The van der Waals surface area contributed by atoms with E-state index in [1.165, 1.54) is 58.8 Å². The molecule has 0 amide bonds. The first kappa shape index (κ1) is 25.3. The molecule has 11 nitrogen and oxygen atoms in total. The summed E-state index contributed by atoms with van der Waals surface area (Å²) < 4.78 is 54.6. The lowest BCUT2D eigenvalue weighted by Crippen LogP contribution is -2.18. The monoisotopic (exact) mass is 481 g/mol. The summed E-state index contributed by atoms with van der Waals surface area (Å²) in [5.74, 6) is -1.79. The Balaban J connectivity index is 2.71. The number of rotatable bonds is 10. The van der Waals surface area contributed by atoms with Gasteiger partial charge in [0.15, 0.2) is 23.0 Å². The maximum absolute atomic E-state index is 13.3. The first-order chi connectivity index (χ1) is 15.6. The number of carboxylic acid groups (broad SMARTS) is 1. The summed E-state index contributed by atoms with van der Waals surface area (Å²) in [6.45, 7) is 0. The number of ether oxygens (including phenoxy) is 5. The van der Waals surface area contributed by atoms with Crippen LogP contribution in [-0.4, -0.2) is 61.0 Å². The number of methoxy groups -OCH3 is 5. The molecule has 2 aromatic rings. The van der Waals surface area contributed by atoms with Crippen molar-refractivity contribution >= 4 is 33.7 Å². The van der Waals surface area contributed by atoms with Gasteiger partial charge in [-0.15, -0.1) is 0 Å². The SMILES string of the molecule is COC(=O)c1cc(OC)c(OC)cc1NS(=O)(=O)c1cc(/C=C/C(=O)O)cc(OC)c1OC. The second kappa shape index (κ2) is 10.6. The van der Waals surface area contributed by atoms with Gasteiger partial charge >= 0.3 is 11.9 Å². The van der Waals surface area contributed by atoms with E-state index in [9.17, 15) is 18.0 Å². The molecule has 2 aromatic carbocycles. The van der Waals surface area contributed by atoms with E-state index in [1.54, 1.807) is 0 Å². The minimum Gasteiger partial charge on any atom is -0.493 e. The largest absolute Gasteiger partial charge is 0.493 e. The van der Waals surface area contributed by atoms with E-state index in [0.29, 0.717) is 0 Å². The van der Waals surface area contributed by atoms with Crippen molar-refractivity contribution in [3.8, 4) is 23.0 Å². The van der Waals surface area contributed by atoms with Crippen LogP contribution < -0.4 is 23.7 Å². The number of carbonyl (C=O) groups is 2. The highest BCUT2D eigenvalue weighted by atomic mass is 32.2. The molecule has 12 heteroatoms. The average Bonchev–Trinajstić information content (AvgIpc) is 2.80. The zero-order chi connectivity index (χ0) is 24.8. The van der Waals surface area contributed by atoms with E-state index in [4.69, 9.17) is 28.8 Å². The first-order valence-electron chi connectivity index (χ1n) is 9.16. The van der Waals surface area contributed by atoms with Crippen LogP contribution in [0.15, 0.2) is 35.2 Å². The van der Waals surface area contributed by atoms with Gasteiger partial charge in [-0.25, -0.2) is 18.0 Å². The quantitative estimate of drug-likeness (QED) is 0.383. The molecular formula is C21H23NO10S. The third-order valence-corrected chi connectivity index (χ3v) is 5.72. The number of sulfonamides is 1. The number of anilines is 1. The Kier molecular flexibility index (Phi) is 8.13. The van der Waals surface area contributed by atoms with Gasteiger partial charge in [-0.3, -0.25) is 4.72 Å². The molecule has 0 aliphatic heterocycles. The topological polar surface area (TPSA) is 147 Å². The van der Waals surface area contributed by atoms with Crippen LogP contribution in [0, 0.1) is 0 Å². The molecule has 2 N–H and O–H groups in total. The van der Waals surface area contributed by atoms with Gasteiger partial charge in [0.25, 0.3) is 10.0 Å². The van der Waals surface area contributed by atoms with Gasteiger partial charge in [0.05, 0.1) is 46.8 Å². The number of aliphatic carboxylic acids is 1. The van der Waals surface area contributed by atoms with Crippen molar-refractivity contribution in [2.45, 2.75) is 4.90 Å². The third-order valence-electron chi connectivity index (χ3n) is 4.35. The van der Waals surface area contributed by atoms with Gasteiger partial charge in [0.1, 0.15) is 4.90 Å². The van der Waals surface area contributed by atoms with E-state index >= 15 is 0 Å². The van der Waals surface area contributed by atoms with Crippen LogP contribution in [0.4, 0.5) is 5.69 Å². The molecular weight excluding hydrogens is 458 g/mol. The molecule has 0 unspecified atom stereocenters. The summed E-state index contributed by atoms with van der Waals surface area (Å²) in [6.07, 6.45) is 2.04. The number of nitrogens with one attached hydrogen (secondary N) is 1. The van der Waals surface area contributed by atoms with E-state index in [2.05, 4.69) is 4.72 Å². The first-order valence-corrected chi connectivity index (χ1v) is 10.6. The number of hydrogen-bond acceptors (Lipinski definition) is 9. The maximum Gasteiger partial charge on any atom is 0.340 e. The molecule has 0 saturated carbocycles. The third kappa shape index (κ3) is 5.66. The summed E-state index contributed by atoms with van der Waals surface area (Å²) in [6, 6.07) is 5.14. The lowest BCUT2D eigenvalue weighted by atomic mass is 10.1. The van der Waals surface area contributed by atoms with Gasteiger partial charge in [-0.2, -0.15) is 0 Å². The number of carboxylic acids is 1. The fourth-order valence-electron chi connectivity index (χ4n) is 2.86. The Bertz CT molecular complexity index is 1190. The molecule has 0 fully saturated rings. The molecule has 0 heterocycles. The number of benzene rings is 2. The molecule has 178 valence electrons. The Labute approximate surface area is 190 Å². The van der Waals surface area contributed by atoms with Crippen LogP contribution in [0.3, 0.4) is 0 Å². The van der Waals surface area contributed by atoms with Crippen LogP contribution in [0.5, 0.6) is 23.0 Å². The van der Waals surface area contributed by atoms with Crippen molar-refractivity contribution in [1.29, 1.82) is 0 Å². The second-order valence-corrected chi connectivity index (χ2v) is 7.93. The van der Waals surface area contributed by atoms with Crippen molar-refractivity contribution < 1.29 is 46.8 Å². The molecule has 0 saturated heterocycles. The van der Waals surface area contributed by atoms with Crippen LogP contribution in [0.2, 0.25) is 0 Å². The van der Waals surface area contributed by atoms with Crippen molar-refractivity contribution in [3.05, 3.63) is 41.5 Å². The zero-order valence-corrected chi connectivity index (χ0v) is 19.3. The molecule has 0 aliphatic rings. The highest BCUT2D eigenvalue weighted by Gasteiger charge is 2.27. The Morgan fingerprint density at radius 2 is 1.48 bits per heavy atom. The van der Waals surface area contributed by atoms with Crippen LogP contribution in [0.25, 0.3) is 6.08 Å². The van der Waals surface area contributed by atoms with Crippen LogP contribution >= 0.6 is 0 Å². The van der Waals surface area contributed by atoms with Gasteiger partial charge < -0.3 is 28.8 Å². The fraction of sp³-hybridized carbons (Fsp3) is 0.238. The minimum absolute atomic E-state index is 0.0471. The highest BCUT2D eigenvalue weighted by Crippen LogP contribution is 2.39. The van der Waals surface area contributed by atoms with Crippen LogP contribution in [-0.2, 0) is 19.6 Å². The summed E-state index contributed by atoms with van der Waals surface area (Å²) in [4.78, 5) is 22.8. The molecule has 0 radical (unpaired) electrons. The van der Waals surface area contributed by atoms with Crippen molar-refractivity contribution in [3.63, 3.8) is 0 Å². The zero-order valence-electron chi connectivity index (χ0n) is 18.5. The van der Waals surface area contributed by atoms with Gasteiger partial charge in [0.2, 0.25) is 0 Å². The molecule has 0 aliphatic carbocycles. The molecule has 0 spiro atoms. The van der Waals surface area contributed by atoms with Crippen molar-refractivity contribution in [2.24, 2.45) is 0 Å². The predicted molar refractivity (Wildman–Crippen MR) is 118 cm³/mol. The lowest BCUT2D eigenvalue weighted by Gasteiger charge is -2.18. The van der Waals surface area contributed by atoms with Gasteiger partial charge in [-0.1, -0.05) is 0 Å². The maximum atomic E-state index is 13.3. The van der Waals surface area contributed by atoms with Crippen molar-refractivity contribution in [1.82, 2.24) is 0 Å². The Morgan fingerprint density at radius 3 is 2.00 bits per heavy atom. The summed E-state index contributed by atoms with van der Waals surface area (Å²) in [5.41, 5.74) is -0.0606. The number of esters is 1. The molecule has 0 bridgehead atoms. The lowest BCUT2D eigenvalue weighted by molar-refractivity contribution is -0.131. The number of hydrogen-bond donors (Lipinski definition) is 2. The minimum atomic E-state index is -4.40. The van der Waals surface area contributed by atoms with E-state index in [1.807, 2.05) is 0 Å². The average molecular weight is 481 g/mol. The number of carbonyl (C=O) groups excluding carboxylic acids is 1. The smallest absolute Gasteiger partial charge is 0.340 e. The molecule has 0 atom stereocenters. The molecule has 33 heavy (non-hydrogen) atoms. The normalized spacial score (nSPS) is 11.1. The van der Waals surface area contributed by atoms with Crippen LogP contribution in [0.1, 0.15) is 15.9 Å². The van der Waals surface area contributed by atoms with E-state index in [-0.39, 0.29) is 44.7 Å². The second-order valence-electron chi connectivity index (χ2n) is 6.28. The van der Waals surface area contributed by atoms with E-state index in [0.717, 1.165) is 13.2 Å². The summed E-state index contributed by atoms with van der Waals surface area (Å²) in [7, 11) is 2.00. The predicted octanol–water partition coefficient (Wildman–Crippen LogP) is 2.41. The Hall–Kier alpha value is -3.93. The molecule has 2 rings (SSSR count). The Morgan fingerprint density at radius 1 is 0.879 bits per heavy atom. The summed E-state index contributed by atoms with van der Waals surface area (Å²) in [5, 5.41) is 8.88. The van der Waals surface area contributed by atoms with Gasteiger partial charge in [-0.05, 0) is 23.8 Å². The molecule has 0 aromatic heterocycles. The fourth-order valence-corrected chi connectivity index (χ4v) is 4.14. The van der Waals surface area contributed by atoms with Crippen molar-refractivity contribution in [2.75, 3.05) is 40.3 Å². The van der Waals surface area contributed by atoms with E-state index < -0.39 is 22.0 Å². The summed E-state index contributed by atoms with van der Waals surface area (Å²) >= 11 is 0.